The van der Waals surface area contributed by atoms with Crippen molar-refractivity contribution in [1.82, 2.24) is 5.32 Å². The molecule has 0 fully saturated rings. The van der Waals surface area contributed by atoms with Crippen molar-refractivity contribution in [2.45, 2.75) is 38.6 Å². The molecule has 0 bridgehead atoms. The molecule has 1 heterocycles. The molecule has 0 atom stereocenters. The van der Waals surface area contributed by atoms with Crippen LogP contribution in [0.4, 0.5) is 0 Å². The highest BCUT2D eigenvalue weighted by Gasteiger charge is 2.31. The van der Waals surface area contributed by atoms with E-state index in [9.17, 15) is 4.79 Å². The Morgan fingerprint density at radius 2 is 2.18 bits per heavy atom. The average Bonchev–Trinajstić information content (AvgIpc) is 2.78. The van der Waals surface area contributed by atoms with E-state index >= 15 is 0 Å². The van der Waals surface area contributed by atoms with Crippen molar-refractivity contribution in [2.75, 3.05) is 0 Å². The lowest BCUT2D eigenvalue weighted by Crippen LogP contribution is -2.56. The van der Waals surface area contributed by atoms with Crippen molar-refractivity contribution in [3.8, 4) is 0 Å². The highest BCUT2D eigenvalue weighted by molar-refractivity contribution is 7.80. The maximum atomic E-state index is 11.9. The number of thiocarbonyl (C=S) groups is 1. The second-order valence-electron chi connectivity index (χ2n) is 4.01. The molecule has 0 radical (unpaired) electrons. The number of carbonyl (C=O) groups is 1. The lowest BCUT2D eigenvalue weighted by atomic mass is 9.92. The maximum Gasteiger partial charge on any atom is 0.225 e. The smallest absolute Gasteiger partial charge is 0.225 e. The molecule has 94 valence electrons. The zero-order chi connectivity index (χ0) is 12.9. The lowest BCUT2D eigenvalue weighted by Gasteiger charge is -2.31. The summed E-state index contributed by atoms with van der Waals surface area (Å²) in [5.74, 6) is -0.0279. The summed E-state index contributed by atoms with van der Waals surface area (Å²) < 4.78 is 0. The van der Waals surface area contributed by atoms with E-state index in [2.05, 4.69) is 5.32 Å². The normalized spacial score (nSPS) is 11.2. The molecule has 17 heavy (non-hydrogen) atoms. The molecular weight excluding hydrogens is 252 g/mol. The first kappa shape index (κ1) is 14.1. The van der Waals surface area contributed by atoms with Crippen LogP contribution in [0.2, 0.25) is 0 Å². The maximum absolute atomic E-state index is 11.9. The summed E-state index contributed by atoms with van der Waals surface area (Å²) in [6.07, 6.45) is 1.82. The first-order valence-electron chi connectivity index (χ1n) is 5.66. The van der Waals surface area contributed by atoms with Gasteiger partial charge in [0.05, 0.1) is 16.9 Å². The van der Waals surface area contributed by atoms with E-state index in [0.29, 0.717) is 24.3 Å². The largest absolute Gasteiger partial charge is 0.391 e. The van der Waals surface area contributed by atoms with Gasteiger partial charge in [0, 0.05) is 0 Å². The SMILES string of the molecule is CCC(CC)(NC(=O)Cc1ccsc1)C(N)=S. The van der Waals surface area contributed by atoms with Gasteiger partial charge in [-0.3, -0.25) is 4.79 Å². The van der Waals surface area contributed by atoms with Crippen LogP contribution in [-0.4, -0.2) is 16.4 Å². The van der Waals surface area contributed by atoms with E-state index in [1.807, 2.05) is 30.7 Å². The molecule has 1 aromatic heterocycles. The minimum absolute atomic E-state index is 0.0279. The van der Waals surface area contributed by atoms with Crippen LogP contribution >= 0.6 is 23.6 Å². The summed E-state index contributed by atoms with van der Waals surface area (Å²) in [7, 11) is 0. The standard InChI is InChI=1S/C12H18N2OS2/c1-3-12(4-2,11(13)16)14-10(15)7-9-5-6-17-8-9/h5-6,8H,3-4,7H2,1-2H3,(H2,13,16)(H,14,15). The van der Waals surface area contributed by atoms with Gasteiger partial charge in [-0.05, 0) is 35.2 Å². The van der Waals surface area contributed by atoms with Crippen molar-refractivity contribution in [1.29, 1.82) is 0 Å². The van der Waals surface area contributed by atoms with Crippen molar-refractivity contribution in [2.24, 2.45) is 5.73 Å². The fourth-order valence-electron chi connectivity index (χ4n) is 1.73. The molecule has 0 saturated carbocycles. The Morgan fingerprint density at radius 3 is 2.59 bits per heavy atom. The summed E-state index contributed by atoms with van der Waals surface area (Å²) in [6, 6.07) is 1.95. The van der Waals surface area contributed by atoms with E-state index in [-0.39, 0.29) is 5.91 Å². The summed E-state index contributed by atoms with van der Waals surface area (Å²) in [5.41, 5.74) is 6.22. The first-order chi connectivity index (χ1) is 8.04. The van der Waals surface area contributed by atoms with Gasteiger partial charge in [0.25, 0.3) is 0 Å². The van der Waals surface area contributed by atoms with Crippen LogP contribution in [0.15, 0.2) is 16.8 Å². The highest BCUT2D eigenvalue weighted by atomic mass is 32.1. The minimum atomic E-state index is -0.539. The van der Waals surface area contributed by atoms with Gasteiger partial charge in [0.2, 0.25) is 5.91 Å². The number of hydrogen-bond donors (Lipinski definition) is 2. The molecule has 0 spiro atoms. The minimum Gasteiger partial charge on any atom is -0.391 e. The summed E-state index contributed by atoms with van der Waals surface area (Å²) in [5, 5.41) is 6.90. The predicted octanol–water partition coefficient (Wildman–Crippen LogP) is 2.25. The Kier molecular flexibility index (Phi) is 5.08. The van der Waals surface area contributed by atoms with Crippen LogP contribution in [0, 0.1) is 0 Å². The second-order valence-corrected chi connectivity index (χ2v) is 5.23. The van der Waals surface area contributed by atoms with Crippen LogP contribution in [0.3, 0.4) is 0 Å². The Labute approximate surface area is 111 Å². The topological polar surface area (TPSA) is 55.1 Å². The van der Waals surface area contributed by atoms with Crippen molar-refractivity contribution < 1.29 is 4.79 Å². The van der Waals surface area contributed by atoms with E-state index in [1.54, 1.807) is 11.3 Å². The van der Waals surface area contributed by atoms with Gasteiger partial charge < -0.3 is 11.1 Å². The molecule has 3 N–H and O–H groups in total. The molecule has 1 aromatic rings. The van der Waals surface area contributed by atoms with Gasteiger partial charge in [0.1, 0.15) is 0 Å². The molecule has 1 amide bonds. The third-order valence-corrected chi connectivity index (χ3v) is 4.13. The zero-order valence-corrected chi connectivity index (χ0v) is 11.8. The molecule has 3 nitrogen and oxygen atoms in total. The van der Waals surface area contributed by atoms with Gasteiger partial charge in [-0.2, -0.15) is 11.3 Å². The molecule has 0 saturated heterocycles. The van der Waals surface area contributed by atoms with Crippen molar-refractivity contribution in [3.63, 3.8) is 0 Å². The van der Waals surface area contributed by atoms with E-state index in [0.717, 1.165) is 5.56 Å². The van der Waals surface area contributed by atoms with Crippen molar-refractivity contribution in [3.05, 3.63) is 22.4 Å². The van der Waals surface area contributed by atoms with Gasteiger partial charge >= 0.3 is 0 Å². The number of nitrogens with one attached hydrogen (secondary N) is 1. The Bertz CT molecular complexity index is 383. The van der Waals surface area contributed by atoms with E-state index < -0.39 is 5.54 Å². The molecule has 0 aliphatic heterocycles. The molecule has 0 aliphatic rings. The molecular formula is C12H18N2OS2. The molecule has 1 rings (SSSR count). The number of nitrogens with two attached hydrogens (primary N) is 1. The third-order valence-electron chi connectivity index (χ3n) is 3.00. The van der Waals surface area contributed by atoms with Gasteiger partial charge in [-0.1, -0.05) is 26.1 Å². The second kappa shape index (κ2) is 6.12. The number of carbonyl (C=O) groups excluding carboxylic acids is 1. The first-order valence-corrected chi connectivity index (χ1v) is 7.01. The summed E-state index contributed by atoms with van der Waals surface area (Å²) in [6.45, 7) is 3.96. The van der Waals surface area contributed by atoms with Gasteiger partial charge in [-0.15, -0.1) is 0 Å². The number of hydrogen-bond acceptors (Lipinski definition) is 3. The third kappa shape index (κ3) is 3.51. The molecule has 0 aliphatic carbocycles. The Hall–Kier alpha value is -0.940. The Balaban J connectivity index is 2.68. The summed E-state index contributed by atoms with van der Waals surface area (Å²) in [4.78, 5) is 12.3. The zero-order valence-electron chi connectivity index (χ0n) is 10.2. The molecule has 5 heteroatoms. The molecule has 0 unspecified atom stereocenters. The quantitative estimate of drug-likeness (QED) is 0.780. The molecule has 0 aromatic carbocycles. The Morgan fingerprint density at radius 1 is 1.53 bits per heavy atom. The van der Waals surface area contributed by atoms with Crippen LogP contribution < -0.4 is 11.1 Å². The average molecular weight is 270 g/mol. The van der Waals surface area contributed by atoms with Crippen LogP contribution in [-0.2, 0) is 11.2 Å². The number of rotatable bonds is 6. The fourth-order valence-corrected chi connectivity index (χ4v) is 2.73. The van der Waals surface area contributed by atoms with Crippen LogP contribution in [0.25, 0.3) is 0 Å². The highest BCUT2D eigenvalue weighted by Crippen LogP contribution is 2.16. The number of amides is 1. The number of thiophene rings is 1. The van der Waals surface area contributed by atoms with Gasteiger partial charge in [-0.25, -0.2) is 0 Å². The van der Waals surface area contributed by atoms with Crippen molar-refractivity contribution >= 4 is 34.5 Å². The fraction of sp³-hybridized carbons (Fsp3) is 0.500. The summed E-state index contributed by atoms with van der Waals surface area (Å²) >= 11 is 6.65. The predicted molar refractivity (Wildman–Crippen MR) is 76.3 cm³/mol. The lowest BCUT2D eigenvalue weighted by molar-refractivity contribution is -0.121. The van der Waals surface area contributed by atoms with Crippen LogP contribution in [0.5, 0.6) is 0 Å². The van der Waals surface area contributed by atoms with Crippen LogP contribution in [0.1, 0.15) is 32.3 Å². The van der Waals surface area contributed by atoms with E-state index in [4.69, 9.17) is 18.0 Å². The monoisotopic (exact) mass is 270 g/mol. The van der Waals surface area contributed by atoms with Gasteiger partial charge in [0.15, 0.2) is 0 Å². The van der Waals surface area contributed by atoms with E-state index in [1.165, 1.54) is 0 Å².